The summed E-state index contributed by atoms with van der Waals surface area (Å²) >= 11 is 6.55. The van der Waals surface area contributed by atoms with Crippen LogP contribution in [-0.2, 0) is 0 Å². The molecule has 0 aliphatic carbocycles. The lowest BCUT2D eigenvalue weighted by Gasteiger charge is -2.19. The number of hydrogen-bond acceptors (Lipinski definition) is 2. The van der Waals surface area contributed by atoms with Crippen molar-refractivity contribution in [1.82, 2.24) is 0 Å². The van der Waals surface area contributed by atoms with Gasteiger partial charge >= 0.3 is 7.12 Å². The molecule has 2 N–H and O–H groups in total. The Hall–Kier alpha value is -10.1. The van der Waals surface area contributed by atoms with E-state index in [2.05, 4.69) is 267 Å². The number of halogens is 1. The Balaban J connectivity index is 0.000000126. The number of fused-ring (bicyclic) bond motifs is 8. The third-order valence-electron chi connectivity index (χ3n) is 16.4. The molecule has 0 bridgehead atoms. The van der Waals surface area contributed by atoms with E-state index in [0.717, 1.165) is 15.8 Å². The van der Waals surface area contributed by atoms with Crippen LogP contribution in [-0.4, -0.2) is 17.2 Å². The van der Waals surface area contributed by atoms with Gasteiger partial charge in [-0.2, -0.15) is 0 Å². The molecule has 16 aromatic rings. The maximum Gasteiger partial charge on any atom is 0.488 e. The monoisotopic (exact) mass is 1090 g/mol. The molecule has 0 amide bonds. The standard InChI is InChI=1S/C40H26.C30H19Cl.C10H9BO2/c1-2-13-29(14-3-1)39-35-18-8-9-19-36(35)40(34-20-10-16-28-12-6-7-17-33(28)34)38-26-32(23-24-37(38)39)31-22-21-27-11-4-5-15-30(27)25-31;31-22-17-18-27-28(19-22)30(24-16-8-12-20-9-4-5-13-23(20)24)26-15-7-6-14-25(26)29(27)21-10-2-1-3-11-21;12-11(13)10-6-5-8-3-1-2-4-9(8)7-10/h1-26H;1-19H;1-7,12-13H. The fraction of sp³-hybridized carbons (Fsp3) is 0. The van der Waals surface area contributed by atoms with Crippen molar-refractivity contribution in [1.29, 1.82) is 0 Å². The van der Waals surface area contributed by atoms with Gasteiger partial charge in [0.05, 0.1) is 0 Å². The van der Waals surface area contributed by atoms with Crippen LogP contribution >= 0.6 is 11.6 Å². The minimum Gasteiger partial charge on any atom is -0.423 e. The Morgan fingerprint density at radius 1 is 0.214 bits per heavy atom. The lowest BCUT2D eigenvalue weighted by molar-refractivity contribution is 0.426. The lowest BCUT2D eigenvalue weighted by Crippen LogP contribution is -2.29. The zero-order chi connectivity index (χ0) is 56.5. The summed E-state index contributed by atoms with van der Waals surface area (Å²) in [6.45, 7) is 0. The van der Waals surface area contributed by atoms with Gasteiger partial charge in [0.15, 0.2) is 0 Å². The lowest BCUT2D eigenvalue weighted by atomic mass is 9.79. The average molecular weight is 1090 g/mol. The number of rotatable bonds is 6. The molecule has 0 radical (unpaired) electrons. The first-order valence-electron chi connectivity index (χ1n) is 28.5. The Morgan fingerprint density at radius 2 is 0.571 bits per heavy atom. The Morgan fingerprint density at radius 3 is 1.08 bits per heavy atom. The van der Waals surface area contributed by atoms with Gasteiger partial charge in [0.2, 0.25) is 0 Å². The first-order chi connectivity index (χ1) is 41.4. The van der Waals surface area contributed by atoms with Crippen LogP contribution in [0.3, 0.4) is 0 Å². The van der Waals surface area contributed by atoms with E-state index >= 15 is 0 Å². The van der Waals surface area contributed by atoms with Crippen molar-refractivity contribution >= 4 is 110 Å². The molecule has 16 rings (SSSR count). The molecule has 16 aromatic carbocycles. The van der Waals surface area contributed by atoms with Gasteiger partial charge in [-0.25, -0.2) is 0 Å². The van der Waals surface area contributed by atoms with Crippen molar-refractivity contribution < 1.29 is 10.0 Å². The van der Waals surface area contributed by atoms with Crippen molar-refractivity contribution in [3.8, 4) is 55.6 Å². The van der Waals surface area contributed by atoms with Gasteiger partial charge in [0, 0.05) is 5.02 Å². The fourth-order valence-corrected chi connectivity index (χ4v) is 12.7. The van der Waals surface area contributed by atoms with E-state index in [0.29, 0.717) is 5.46 Å². The maximum absolute atomic E-state index is 8.94. The van der Waals surface area contributed by atoms with Gasteiger partial charge < -0.3 is 10.0 Å². The van der Waals surface area contributed by atoms with Crippen LogP contribution in [0.25, 0.3) is 142 Å². The van der Waals surface area contributed by atoms with E-state index in [9.17, 15) is 0 Å². The highest BCUT2D eigenvalue weighted by molar-refractivity contribution is 6.59. The summed E-state index contributed by atoms with van der Waals surface area (Å²) in [6.07, 6.45) is 0. The number of hydrogen-bond donors (Lipinski definition) is 2. The van der Waals surface area contributed by atoms with Gasteiger partial charge in [-0.05, 0) is 172 Å². The minimum atomic E-state index is -1.38. The molecule has 84 heavy (non-hydrogen) atoms. The molecule has 0 saturated heterocycles. The molecule has 4 heteroatoms. The topological polar surface area (TPSA) is 40.5 Å². The van der Waals surface area contributed by atoms with Crippen LogP contribution < -0.4 is 5.46 Å². The SMILES string of the molecule is Clc1ccc2c(-c3ccccc3)c3ccccc3c(-c3cccc4ccccc34)c2c1.OB(O)c1ccc2ccccc2c1.c1ccc(-c2c3ccccc3c(-c3cccc4ccccc34)c3cc(-c4ccc5ccccc5c4)ccc23)cc1. The van der Waals surface area contributed by atoms with Crippen LogP contribution in [0.1, 0.15) is 0 Å². The highest BCUT2D eigenvalue weighted by atomic mass is 35.5. The predicted molar refractivity (Wildman–Crippen MR) is 361 cm³/mol. The van der Waals surface area contributed by atoms with Crippen LogP contribution in [0.15, 0.2) is 315 Å². The molecule has 396 valence electrons. The van der Waals surface area contributed by atoms with E-state index in [4.69, 9.17) is 21.6 Å². The molecule has 2 nitrogen and oxygen atoms in total. The smallest absolute Gasteiger partial charge is 0.423 e. The summed E-state index contributed by atoms with van der Waals surface area (Å²) in [4.78, 5) is 0. The predicted octanol–water partition coefficient (Wildman–Crippen LogP) is 21.0. The van der Waals surface area contributed by atoms with Crippen molar-refractivity contribution in [2.45, 2.75) is 0 Å². The molecule has 0 saturated carbocycles. The van der Waals surface area contributed by atoms with Crippen LogP contribution in [0.5, 0.6) is 0 Å². The van der Waals surface area contributed by atoms with Crippen molar-refractivity contribution in [3.05, 3.63) is 320 Å². The van der Waals surface area contributed by atoms with Gasteiger partial charge in [0.1, 0.15) is 0 Å². The van der Waals surface area contributed by atoms with Crippen molar-refractivity contribution in [2.24, 2.45) is 0 Å². The van der Waals surface area contributed by atoms with Gasteiger partial charge in [-0.3, -0.25) is 0 Å². The highest BCUT2D eigenvalue weighted by Gasteiger charge is 2.21. The van der Waals surface area contributed by atoms with E-state index in [1.807, 2.05) is 36.4 Å². The summed E-state index contributed by atoms with van der Waals surface area (Å²) in [5.41, 5.74) is 13.0. The third-order valence-corrected chi connectivity index (χ3v) is 16.6. The van der Waals surface area contributed by atoms with Gasteiger partial charge in [-0.15, -0.1) is 0 Å². The summed E-state index contributed by atoms with van der Waals surface area (Å²) in [5.74, 6) is 0. The zero-order valence-corrected chi connectivity index (χ0v) is 46.6. The molecule has 0 aliphatic rings. The van der Waals surface area contributed by atoms with Crippen molar-refractivity contribution in [2.75, 3.05) is 0 Å². The molecular weight excluding hydrogens is 1040 g/mol. The first-order valence-corrected chi connectivity index (χ1v) is 28.8. The molecule has 0 fully saturated rings. The van der Waals surface area contributed by atoms with Crippen LogP contribution in [0.2, 0.25) is 5.02 Å². The van der Waals surface area contributed by atoms with E-state index in [1.165, 1.54) is 131 Å². The fourth-order valence-electron chi connectivity index (χ4n) is 12.5. The molecule has 0 heterocycles. The van der Waals surface area contributed by atoms with E-state index in [1.54, 1.807) is 12.1 Å². The molecule has 0 atom stereocenters. The second kappa shape index (κ2) is 22.7. The Bertz CT molecular complexity index is 5120. The largest absolute Gasteiger partial charge is 0.488 e. The summed E-state index contributed by atoms with van der Waals surface area (Å²) < 4.78 is 0. The molecule has 0 aromatic heterocycles. The van der Waals surface area contributed by atoms with Gasteiger partial charge in [-0.1, -0.05) is 303 Å². The highest BCUT2D eigenvalue weighted by Crippen LogP contribution is 2.48. The average Bonchev–Trinajstić information content (AvgIpc) is 3.65. The van der Waals surface area contributed by atoms with E-state index < -0.39 is 7.12 Å². The maximum atomic E-state index is 8.94. The molecule has 0 aliphatic heterocycles. The molecule has 0 spiro atoms. The van der Waals surface area contributed by atoms with Crippen LogP contribution in [0, 0.1) is 0 Å². The van der Waals surface area contributed by atoms with Crippen molar-refractivity contribution in [3.63, 3.8) is 0 Å². The Labute approximate surface area is 493 Å². The molecular formula is C80H54BClO2. The van der Waals surface area contributed by atoms with E-state index in [-0.39, 0.29) is 0 Å². The number of benzene rings is 16. The quantitative estimate of drug-likeness (QED) is 0.129. The second-order valence-corrected chi connectivity index (χ2v) is 21.8. The van der Waals surface area contributed by atoms with Crippen LogP contribution in [0.4, 0.5) is 0 Å². The van der Waals surface area contributed by atoms with Gasteiger partial charge in [0.25, 0.3) is 0 Å². The Kier molecular flexibility index (Phi) is 14.0. The second-order valence-electron chi connectivity index (χ2n) is 21.4. The minimum absolute atomic E-state index is 0.527. The third kappa shape index (κ3) is 9.81. The summed E-state index contributed by atoms with van der Waals surface area (Å²) in [7, 11) is -1.38. The normalized spacial score (nSPS) is 11.3. The summed E-state index contributed by atoms with van der Waals surface area (Å²) in [6, 6.07) is 112. The summed E-state index contributed by atoms with van der Waals surface area (Å²) in [5, 5.41) is 38.3. The molecule has 0 unspecified atom stereocenters. The first kappa shape index (κ1) is 52.0. The zero-order valence-electron chi connectivity index (χ0n) is 45.9.